The zero-order chi connectivity index (χ0) is 15.5. The predicted octanol–water partition coefficient (Wildman–Crippen LogP) is 6.51. The number of hydrogen-bond acceptors (Lipinski definition) is 1. The lowest BCUT2D eigenvalue weighted by atomic mass is 9.99. The van der Waals surface area contributed by atoms with Crippen LogP contribution in [0.5, 0.6) is 0 Å². The van der Waals surface area contributed by atoms with Crippen LogP contribution in [0.2, 0.25) is 0 Å². The van der Waals surface area contributed by atoms with Crippen molar-refractivity contribution in [1.82, 2.24) is 0 Å². The maximum Gasteiger partial charge on any atom is 0.142 e. The van der Waals surface area contributed by atoms with Gasteiger partial charge in [0, 0.05) is 11.6 Å². The van der Waals surface area contributed by atoms with Crippen LogP contribution in [0.3, 0.4) is 0 Å². The van der Waals surface area contributed by atoms with Gasteiger partial charge in [0.1, 0.15) is 5.82 Å². The standard InChI is InChI=1S/C18H29BrFN/c1-2-3-4-5-6-7-8-9-10-14-17(21)15-12-11-13-16(19)18(15)20/h11-13,17H,2-10,14,21H2,1H3. The maximum absolute atomic E-state index is 13.9. The lowest BCUT2D eigenvalue weighted by molar-refractivity contribution is 0.514. The first-order valence-corrected chi connectivity index (χ1v) is 9.15. The molecule has 1 nitrogen and oxygen atoms in total. The third-order valence-electron chi connectivity index (χ3n) is 4.00. The van der Waals surface area contributed by atoms with Gasteiger partial charge in [-0.25, -0.2) is 4.39 Å². The van der Waals surface area contributed by atoms with Crippen molar-refractivity contribution in [2.24, 2.45) is 5.73 Å². The molecule has 120 valence electrons. The van der Waals surface area contributed by atoms with Crippen molar-refractivity contribution >= 4 is 15.9 Å². The largest absolute Gasteiger partial charge is 0.324 e. The van der Waals surface area contributed by atoms with E-state index in [9.17, 15) is 4.39 Å². The van der Waals surface area contributed by atoms with E-state index in [1.54, 1.807) is 12.1 Å². The van der Waals surface area contributed by atoms with Crippen LogP contribution in [0.1, 0.15) is 82.7 Å². The molecular weight excluding hydrogens is 329 g/mol. The number of benzene rings is 1. The Morgan fingerprint density at radius 1 is 1.00 bits per heavy atom. The van der Waals surface area contributed by atoms with E-state index in [0.717, 1.165) is 12.8 Å². The van der Waals surface area contributed by atoms with E-state index in [1.165, 1.54) is 51.4 Å². The Labute approximate surface area is 137 Å². The maximum atomic E-state index is 13.9. The summed E-state index contributed by atoms with van der Waals surface area (Å²) in [5.41, 5.74) is 6.73. The molecule has 1 atom stereocenters. The van der Waals surface area contributed by atoms with Crippen LogP contribution >= 0.6 is 15.9 Å². The van der Waals surface area contributed by atoms with Crippen molar-refractivity contribution in [3.05, 3.63) is 34.1 Å². The molecule has 1 aromatic carbocycles. The molecule has 0 aliphatic carbocycles. The van der Waals surface area contributed by atoms with Crippen LogP contribution in [0.4, 0.5) is 4.39 Å². The van der Waals surface area contributed by atoms with Gasteiger partial charge in [0.25, 0.3) is 0 Å². The molecule has 0 spiro atoms. The molecule has 1 unspecified atom stereocenters. The smallest absolute Gasteiger partial charge is 0.142 e. The Bertz CT molecular complexity index is 395. The molecule has 0 radical (unpaired) electrons. The Morgan fingerprint density at radius 3 is 2.19 bits per heavy atom. The van der Waals surface area contributed by atoms with E-state index in [2.05, 4.69) is 22.9 Å². The summed E-state index contributed by atoms with van der Waals surface area (Å²) in [6.45, 7) is 2.25. The number of unbranched alkanes of at least 4 members (excludes halogenated alkanes) is 8. The van der Waals surface area contributed by atoms with Crippen LogP contribution in [-0.2, 0) is 0 Å². The molecule has 0 bridgehead atoms. The van der Waals surface area contributed by atoms with Crippen LogP contribution in [0, 0.1) is 5.82 Å². The van der Waals surface area contributed by atoms with E-state index in [0.29, 0.717) is 10.0 Å². The van der Waals surface area contributed by atoms with Crippen LogP contribution in [0.25, 0.3) is 0 Å². The normalized spacial score (nSPS) is 12.6. The molecule has 1 aromatic rings. The summed E-state index contributed by atoms with van der Waals surface area (Å²) in [5.74, 6) is -0.207. The van der Waals surface area contributed by atoms with Gasteiger partial charge >= 0.3 is 0 Å². The van der Waals surface area contributed by atoms with Gasteiger partial charge in [-0.2, -0.15) is 0 Å². The highest BCUT2D eigenvalue weighted by Gasteiger charge is 2.12. The second-order valence-electron chi connectivity index (χ2n) is 5.87. The minimum atomic E-state index is -0.207. The summed E-state index contributed by atoms with van der Waals surface area (Å²) < 4.78 is 14.4. The minimum Gasteiger partial charge on any atom is -0.324 e. The topological polar surface area (TPSA) is 26.0 Å². The van der Waals surface area contributed by atoms with Crippen LogP contribution in [-0.4, -0.2) is 0 Å². The van der Waals surface area contributed by atoms with Crippen molar-refractivity contribution in [2.75, 3.05) is 0 Å². The number of nitrogens with two attached hydrogens (primary N) is 1. The quantitative estimate of drug-likeness (QED) is 0.448. The molecular formula is C18H29BrFN. The first kappa shape index (κ1) is 18.6. The molecule has 0 saturated heterocycles. The first-order valence-electron chi connectivity index (χ1n) is 8.36. The zero-order valence-electron chi connectivity index (χ0n) is 13.2. The predicted molar refractivity (Wildman–Crippen MR) is 92.9 cm³/mol. The molecule has 0 heterocycles. The van der Waals surface area contributed by atoms with E-state index in [4.69, 9.17) is 5.73 Å². The van der Waals surface area contributed by atoms with Crippen molar-refractivity contribution in [1.29, 1.82) is 0 Å². The molecule has 0 aliphatic heterocycles. The second kappa shape index (κ2) is 11.2. The number of rotatable bonds is 11. The monoisotopic (exact) mass is 357 g/mol. The lowest BCUT2D eigenvalue weighted by Gasteiger charge is -2.13. The number of halogens is 2. The van der Waals surface area contributed by atoms with Crippen molar-refractivity contribution < 1.29 is 4.39 Å². The molecule has 0 aliphatic rings. The van der Waals surface area contributed by atoms with Gasteiger partial charge in [-0.05, 0) is 28.4 Å². The van der Waals surface area contributed by atoms with E-state index in [1.807, 2.05) is 6.07 Å². The highest BCUT2D eigenvalue weighted by atomic mass is 79.9. The fourth-order valence-corrected chi connectivity index (χ4v) is 3.02. The molecule has 21 heavy (non-hydrogen) atoms. The van der Waals surface area contributed by atoms with Gasteiger partial charge in [-0.15, -0.1) is 0 Å². The Hall–Kier alpha value is -0.410. The summed E-state index contributed by atoms with van der Waals surface area (Å²) in [6, 6.07) is 5.16. The van der Waals surface area contributed by atoms with Gasteiger partial charge in [-0.1, -0.05) is 76.8 Å². The van der Waals surface area contributed by atoms with E-state index in [-0.39, 0.29) is 11.9 Å². The number of hydrogen-bond donors (Lipinski definition) is 1. The van der Waals surface area contributed by atoms with E-state index >= 15 is 0 Å². The highest BCUT2D eigenvalue weighted by Crippen LogP contribution is 2.25. The van der Waals surface area contributed by atoms with Crippen LogP contribution in [0.15, 0.2) is 22.7 Å². The zero-order valence-corrected chi connectivity index (χ0v) is 14.8. The summed E-state index contributed by atoms with van der Waals surface area (Å²) in [5, 5.41) is 0. The van der Waals surface area contributed by atoms with Gasteiger partial charge in [0.2, 0.25) is 0 Å². The highest BCUT2D eigenvalue weighted by molar-refractivity contribution is 9.10. The van der Waals surface area contributed by atoms with Crippen molar-refractivity contribution in [3.8, 4) is 0 Å². The van der Waals surface area contributed by atoms with Gasteiger partial charge in [-0.3, -0.25) is 0 Å². The Balaban J connectivity index is 2.11. The first-order chi connectivity index (χ1) is 10.2. The van der Waals surface area contributed by atoms with Gasteiger partial charge in [0.15, 0.2) is 0 Å². The molecule has 0 amide bonds. The summed E-state index contributed by atoms with van der Waals surface area (Å²) >= 11 is 3.21. The Morgan fingerprint density at radius 2 is 1.57 bits per heavy atom. The summed E-state index contributed by atoms with van der Waals surface area (Å²) in [6.07, 6.45) is 12.5. The summed E-state index contributed by atoms with van der Waals surface area (Å²) in [7, 11) is 0. The summed E-state index contributed by atoms with van der Waals surface area (Å²) in [4.78, 5) is 0. The SMILES string of the molecule is CCCCCCCCCCCC(N)c1cccc(Br)c1F. The van der Waals surface area contributed by atoms with Crippen molar-refractivity contribution in [3.63, 3.8) is 0 Å². The molecule has 0 fully saturated rings. The second-order valence-corrected chi connectivity index (χ2v) is 6.72. The lowest BCUT2D eigenvalue weighted by Crippen LogP contribution is -2.12. The minimum absolute atomic E-state index is 0.188. The average Bonchev–Trinajstić information content (AvgIpc) is 2.48. The fourth-order valence-electron chi connectivity index (χ4n) is 2.64. The molecule has 1 rings (SSSR count). The van der Waals surface area contributed by atoms with Gasteiger partial charge in [0.05, 0.1) is 4.47 Å². The fraction of sp³-hybridized carbons (Fsp3) is 0.667. The molecule has 0 saturated carbocycles. The van der Waals surface area contributed by atoms with Crippen molar-refractivity contribution in [2.45, 2.75) is 77.2 Å². The molecule has 3 heteroatoms. The Kier molecular flexibility index (Phi) is 9.94. The van der Waals surface area contributed by atoms with Crippen LogP contribution < -0.4 is 5.73 Å². The average molecular weight is 358 g/mol. The molecule has 0 aromatic heterocycles. The third kappa shape index (κ3) is 7.42. The van der Waals surface area contributed by atoms with E-state index < -0.39 is 0 Å². The molecule has 2 N–H and O–H groups in total. The third-order valence-corrected chi connectivity index (χ3v) is 4.61. The van der Waals surface area contributed by atoms with Gasteiger partial charge < -0.3 is 5.73 Å².